The minimum absolute atomic E-state index is 0.662. The van der Waals surface area contributed by atoms with Crippen LogP contribution in [0, 0.1) is 0 Å². The summed E-state index contributed by atoms with van der Waals surface area (Å²) >= 11 is 1.75. The minimum atomic E-state index is 0.662. The molecular weight excluding hydrogens is 751 g/mol. The largest absolute Gasteiger partial charge is 0.455 e. The Bertz CT molecular complexity index is 3570. The fourth-order valence-electron chi connectivity index (χ4n) is 8.57. The Hall–Kier alpha value is -7.73. The lowest BCUT2D eigenvalue weighted by atomic mass is 9.98. The SMILES string of the molecule is c1ccc(-c2ccc(-c3cc(-c4ccc(-c5nc6sc7ccccc7c6c6ccccc56)cc4)nc(-c4ccc(-c5cccc6c5oc5ccccc56)cc4)n3)cc2)cc1. The average molecular weight is 784 g/mol. The van der Waals surface area contributed by atoms with Crippen molar-refractivity contribution in [1.82, 2.24) is 15.0 Å². The number of rotatable bonds is 6. The molecule has 0 amide bonds. The molecule has 8 aromatic carbocycles. The van der Waals surface area contributed by atoms with Gasteiger partial charge in [0.15, 0.2) is 5.82 Å². The summed E-state index contributed by atoms with van der Waals surface area (Å²) < 4.78 is 7.63. The van der Waals surface area contributed by atoms with Gasteiger partial charge in [0.2, 0.25) is 0 Å². The van der Waals surface area contributed by atoms with Crippen LogP contribution in [0.4, 0.5) is 0 Å². The molecule has 12 aromatic rings. The molecule has 0 fully saturated rings. The molecule has 4 heterocycles. The fourth-order valence-corrected chi connectivity index (χ4v) is 9.66. The third-order valence-electron chi connectivity index (χ3n) is 11.6. The maximum absolute atomic E-state index is 6.38. The van der Waals surface area contributed by atoms with Crippen molar-refractivity contribution in [3.05, 3.63) is 200 Å². The first-order valence-corrected chi connectivity index (χ1v) is 20.9. The summed E-state index contributed by atoms with van der Waals surface area (Å²) in [5.74, 6) is 0.662. The van der Waals surface area contributed by atoms with Crippen LogP contribution in [0.1, 0.15) is 0 Å². The van der Waals surface area contributed by atoms with Crippen LogP contribution in [0.5, 0.6) is 0 Å². The van der Waals surface area contributed by atoms with Crippen molar-refractivity contribution in [2.24, 2.45) is 0 Å². The minimum Gasteiger partial charge on any atom is -0.455 e. The van der Waals surface area contributed by atoms with Crippen LogP contribution >= 0.6 is 11.3 Å². The fraction of sp³-hybridized carbons (Fsp3) is 0. The van der Waals surface area contributed by atoms with Gasteiger partial charge < -0.3 is 4.42 Å². The maximum Gasteiger partial charge on any atom is 0.160 e. The normalized spacial score (nSPS) is 11.7. The molecule has 60 heavy (non-hydrogen) atoms. The van der Waals surface area contributed by atoms with Gasteiger partial charge in [0.05, 0.1) is 17.1 Å². The Morgan fingerprint density at radius 1 is 0.367 bits per heavy atom. The summed E-state index contributed by atoms with van der Waals surface area (Å²) in [6, 6.07) is 70.1. The lowest BCUT2D eigenvalue weighted by Crippen LogP contribution is -1.96. The van der Waals surface area contributed by atoms with Crippen molar-refractivity contribution in [1.29, 1.82) is 0 Å². The van der Waals surface area contributed by atoms with E-state index >= 15 is 0 Å². The highest BCUT2D eigenvalue weighted by Gasteiger charge is 2.17. The smallest absolute Gasteiger partial charge is 0.160 e. The number of para-hydroxylation sites is 2. The summed E-state index contributed by atoms with van der Waals surface area (Å²) in [5.41, 5.74) is 13.0. The van der Waals surface area contributed by atoms with E-state index in [-0.39, 0.29) is 0 Å². The van der Waals surface area contributed by atoms with Crippen molar-refractivity contribution >= 4 is 64.4 Å². The number of pyridine rings is 1. The van der Waals surface area contributed by atoms with Gasteiger partial charge >= 0.3 is 0 Å². The number of aromatic nitrogens is 3. The first kappa shape index (κ1) is 34.3. The Balaban J connectivity index is 0.952. The molecule has 5 heteroatoms. The predicted molar refractivity (Wildman–Crippen MR) is 250 cm³/mol. The summed E-state index contributed by atoms with van der Waals surface area (Å²) in [7, 11) is 0. The third-order valence-corrected chi connectivity index (χ3v) is 12.6. The van der Waals surface area contributed by atoms with E-state index in [0.717, 1.165) is 88.2 Å². The van der Waals surface area contributed by atoms with E-state index in [4.69, 9.17) is 19.4 Å². The lowest BCUT2D eigenvalue weighted by Gasteiger charge is -2.12. The van der Waals surface area contributed by atoms with Gasteiger partial charge in [-0.2, -0.15) is 0 Å². The Kier molecular flexibility index (Phi) is 8.00. The van der Waals surface area contributed by atoms with E-state index in [9.17, 15) is 0 Å². The van der Waals surface area contributed by atoms with E-state index in [2.05, 4.69) is 182 Å². The molecule has 0 radical (unpaired) electrons. The molecule has 0 spiro atoms. The monoisotopic (exact) mass is 783 g/mol. The highest BCUT2D eigenvalue weighted by Crippen LogP contribution is 2.41. The molecule has 0 aliphatic carbocycles. The molecule has 0 atom stereocenters. The second-order valence-corrected chi connectivity index (χ2v) is 16.2. The van der Waals surface area contributed by atoms with Gasteiger partial charge in [-0.05, 0) is 40.3 Å². The van der Waals surface area contributed by atoms with Crippen LogP contribution < -0.4 is 0 Å². The van der Waals surface area contributed by atoms with Crippen LogP contribution in [0.15, 0.2) is 205 Å². The van der Waals surface area contributed by atoms with Crippen LogP contribution in [0.2, 0.25) is 0 Å². The van der Waals surface area contributed by atoms with E-state index in [1.54, 1.807) is 11.3 Å². The van der Waals surface area contributed by atoms with Crippen LogP contribution in [0.3, 0.4) is 0 Å². The van der Waals surface area contributed by atoms with Gasteiger partial charge in [-0.3, -0.25) is 0 Å². The topological polar surface area (TPSA) is 51.8 Å². The number of furan rings is 1. The molecule has 0 bridgehead atoms. The molecule has 0 aliphatic heterocycles. The van der Waals surface area contributed by atoms with Gasteiger partial charge in [0, 0.05) is 59.4 Å². The number of fused-ring (bicyclic) bond motifs is 8. The van der Waals surface area contributed by atoms with Gasteiger partial charge in [0.1, 0.15) is 16.0 Å². The van der Waals surface area contributed by atoms with E-state index < -0.39 is 0 Å². The Morgan fingerprint density at radius 2 is 0.917 bits per heavy atom. The molecule has 4 nitrogen and oxygen atoms in total. The molecule has 0 N–H and O–H groups in total. The number of nitrogens with zero attached hydrogens (tertiary/aromatic N) is 3. The zero-order chi connectivity index (χ0) is 39.6. The summed E-state index contributed by atoms with van der Waals surface area (Å²) in [5, 5.41) is 7.09. The number of benzene rings is 8. The van der Waals surface area contributed by atoms with E-state index in [1.165, 1.54) is 26.4 Å². The second kappa shape index (κ2) is 14.0. The number of thiophene rings is 1. The highest BCUT2D eigenvalue weighted by molar-refractivity contribution is 7.25. The van der Waals surface area contributed by atoms with Gasteiger partial charge in [-0.15, -0.1) is 11.3 Å². The maximum atomic E-state index is 6.38. The molecule has 0 saturated carbocycles. The van der Waals surface area contributed by atoms with Crippen molar-refractivity contribution < 1.29 is 4.42 Å². The molecule has 280 valence electrons. The van der Waals surface area contributed by atoms with E-state index in [0.29, 0.717) is 5.82 Å². The highest BCUT2D eigenvalue weighted by atomic mass is 32.1. The van der Waals surface area contributed by atoms with Crippen LogP contribution in [-0.2, 0) is 0 Å². The quantitative estimate of drug-likeness (QED) is 0.169. The predicted octanol–water partition coefficient (Wildman–Crippen LogP) is 15.3. The van der Waals surface area contributed by atoms with Crippen molar-refractivity contribution in [2.75, 3.05) is 0 Å². The van der Waals surface area contributed by atoms with Crippen LogP contribution in [0.25, 0.3) is 120 Å². The zero-order valence-electron chi connectivity index (χ0n) is 32.2. The molecule has 0 saturated heterocycles. The third kappa shape index (κ3) is 5.78. The van der Waals surface area contributed by atoms with Gasteiger partial charge in [-0.25, -0.2) is 15.0 Å². The van der Waals surface area contributed by atoms with Crippen molar-refractivity contribution in [3.8, 4) is 67.4 Å². The van der Waals surface area contributed by atoms with Crippen molar-refractivity contribution in [2.45, 2.75) is 0 Å². The number of hydrogen-bond acceptors (Lipinski definition) is 5. The van der Waals surface area contributed by atoms with Gasteiger partial charge in [0.25, 0.3) is 0 Å². The summed E-state index contributed by atoms with van der Waals surface area (Å²) in [4.78, 5) is 16.8. The van der Waals surface area contributed by atoms with E-state index in [1.807, 2.05) is 18.2 Å². The van der Waals surface area contributed by atoms with Gasteiger partial charge in [-0.1, -0.05) is 182 Å². The first-order chi connectivity index (χ1) is 29.7. The molecule has 0 aliphatic rings. The Morgan fingerprint density at radius 3 is 1.67 bits per heavy atom. The molecule has 12 rings (SSSR count). The first-order valence-electron chi connectivity index (χ1n) is 20.1. The molecule has 4 aromatic heterocycles. The van der Waals surface area contributed by atoms with Crippen LogP contribution in [-0.4, -0.2) is 15.0 Å². The summed E-state index contributed by atoms with van der Waals surface area (Å²) in [6.07, 6.45) is 0. The number of hydrogen-bond donors (Lipinski definition) is 0. The summed E-state index contributed by atoms with van der Waals surface area (Å²) in [6.45, 7) is 0. The average Bonchev–Trinajstić information content (AvgIpc) is 3.90. The second-order valence-electron chi connectivity index (χ2n) is 15.1. The molecular formula is C55H33N3OS. The van der Waals surface area contributed by atoms with Crippen molar-refractivity contribution in [3.63, 3.8) is 0 Å². The molecule has 0 unspecified atom stereocenters. The zero-order valence-corrected chi connectivity index (χ0v) is 33.0. The standard InChI is InChI=1S/C55H33N3OS/c1-2-11-34(12-3-1)35-21-25-37(26-22-35)47-33-48(57-54(56-47)40-31-23-36(24-32-40)41-17-10-18-45-42-13-6-8-19-49(42)59-53(41)45)38-27-29-39(30-28-38)52-44-15-5-4-14-43(44)51-46-16-7-9-20-50(46)60-55(51)58-52/h1-33H. The lowest BCUT2D eigenvalue weighted by molar-refractivity contribution is 0.670. The Labute approximate surface area is 349 Å².